The number of nitrogens with zero attached hydrogens (tertiary/aromatic N) is 1. The summed E-state index contributed by atoms with van der Waals surface area (Å²) < 4.78 is 11.6. The quantitative estimate of drug-likeness (QED) is 0.234. The number of carbonyl (C=O) groups excluding carboxylic acids is 2. The van der Waals surface area contributed by atoms with E-state index >= 15 is 0 Å². The van der Waals surface area contributed by atoms with Crippen molar-refractivity contribution in [3.8, 4) is 11.5 Å². The van der Waals surface area contributed by atoms with Gasteiger partial charge in [-0.25, -0.2) is 0 Å². The van der Waals surface area contributed by atoms with Gasteiger partial charge < -0.3 is 19.5 Å². The van der Waals surface area contributed by atoms with Crippen molar-refractivity contribution in [1.82, 2.24) is 4.90 Å². The Balaban J connectivity index is 1.89. The predicted octanol–water partition coefficient (Wildman–Crippen LogP) is 6.42. The van der Waals surface area contributed by atoms with Gasteiger partial charge in [-0.3, -0.25) is 9.59 Å². The molecule has 1 unspecified atom stereocenters. The highest BCUT2D eigenvalue weighted by atomic mass is 16.5. The Bertz CT molecular complexity index is 1430. The van der Waals surface area contributed by atoms with Gasteiger partial charge in [0.2, 0.25) is 0 Å². The zero-order valence-corrected chi connectivity index (χ0v) is 23.1. The van der Waals surface area contributed by atoms with Crippen LogP contribution < -0.4 is 9.47 Å². The Kier molecular flexibility index (Phi) is 7.36. The number of hydrogen-bond acceptors (Lipinski definition) is 5. The Morgan fingerprint density at radius 1 is 0.921 bits per heavy atom. The number of ketones is 1. The fraction of sp³-hybridized carbons (Fsp3) is 0.312. The number of amides is 1. The number of aliphatic hydroxyl groups excluding tert-OH is 1. The second-order valence-electron chi connectivity index (χ2n) is 10.8. The molecule has 0 aliphatic carbocycles. The molecule has 1 heterocycles. The molecule has 1 aliphatic heterocycles. The van der Waals surface area contributed by atoms with E-state index in [1.54, 1.807) is 13.2 Å². The van der Waals surface area contributed by atoms with Crippen molar-refractivity contribution in [2.45, 2.75) is 59.7 Å². The molecule has 1 aliphatic rings. The van der Waals surface area contributed by atoms with Crippen LogP contribution >= 0.6 is 0 Å². The van der Waals surface area contributed by atoms with E-state index in [0.29, 0.717) is 17.1 Å². The fourth-order valence-electron chi connectivity index (χ4n) is 4.89. The number of hydrogen-bond donors (Lipinski definition) is 1. The van der Waals surface area contributed by atoms with Gasteiger partial charge in [-0.1, -0.05) is 48.0 Å². The molecular weight excluding hydrogens is 478 g/mol. The molecule has 1 N–H and O–H groups in total. The lowest BCUT2D eigenvalue weighted by Crippen LogP contribution is -2.30. The number of aryl methyl sites for hydroxylation is 3. The number of rotatable bonds is 6. The van der Waals surface area contributed by atoms with Gasteiger partial charge in [-0.05, 0) is 76.4 Å². The number of para-hydroxylation sites is 1. The van der Waals surface area contributed by atoms with Crippen LogP contribution in [-0.2, 0) is 16.1 Å². The number of ether oxygens (including phenoxy) is 2. The Morgan fingerprint density at radius 3 is 2.29 bits per heavy atom. The number of methoxy groups -OCH3 is 1. The van der Waals surface area contributed by atoms with Crippen molar-refractivity contribution in [1.29, 1.82) is 0 Å². The number of aliphatic hydroxyl groups is 1. The third-order valence-electron chi connectivity index (χ3n) is 6.62. The van der Waals surface area contributed by atoms with Crippen LogP contribution in [0.5, 0.6) is 11.5 Å². The third kappa shape index (κ3) is 5.30. The van der Waals surface area contributed by atoms with E-state index in [9.17, 15) is 14.7 Å². The predicted molar refractivity (Wildman–Crippen MR) is 148 cm³/mol. The summed E-state index contributed by atoms with van der Waals surface area (Å²) in [6.07, 6.45) is 0. The Morgan fingerprint density at radius 2 is 1.63 bits per heavy atom. The maximum atomic E-state index is 13.6. The van der Waals surface area contributed by atoms with Crippen LogP contribution in [0, 0.1) is 20.8 Å². The first kappa shape index (κ1) is 27.0. The largest absolute Gasteiger partial charge is 0.507 e. The van der Waals surface area contributed by atoms with Crippen molar-refractivity contribution >= 4 is 17.4 Å². The van der Waals surface area contributed by atoms with Crippen molar-refractivity contribution in [3.63, 3.8) is 0 Å². The minimum atomic E-state index is -0.764. The minimum Gasteiger partial charge on any atom is -0.507 e. The highest BCUT2D eigenvalue weighted by molar-refractivity contribution is 6.46. The number of likely N-dealkylation sites (tertiary alicyclic amines) is 1. The second-order valence-corrected chi connectivity index (χ2v) is 10.8. The van der Waals surface area contributed by atoms with E-state index in [1.807, 2.05) is 96.1 Å². The average Bonchev–Trinajstić information content (AvgIpc) is 3.10. The molecule has 3 aromatic carbocycles. The molecule has 6 nitrogen and oxygen atoms in total. The molecule has 0 aromatic heterocycles. The smallest absolute Gasteiger partial charge is 0.295 e. The maximum absolute atomic E-state index is 13.6. The van der Waals surface area contributed by atoms with Gasteiger partial charge in [0.1, 0.15) is 22.9 Å². The lowest BCUT2D eigenvalue weighted by Gasteiger charge is -2.28. The second kappa shape index (κ2) is 10.4. The molecule has 38 heavy (non-hydrogen) atoms. The summed E-state index contributed by atoms with van der Waals surface area (Å²) in [6.45, 7) is 11.7. The molecule has 1 fully saturated rings. The van der Waals surface area contributed by atoms with Crippen LogP contribution in [0.4, 0.5) is 0 Å². The van der Waals surface area contributed by atoms with E-state index in [4.69, 9.17) is 9.47 Å². The Hall–Kier alpha value is -4.06. The zero-order chi connectivity index (χ0) is 27.8. The highest BCUT2D eigenvalue weighted by Gasteiger charge is 2.46. The van der Waals surface area contributed by atoms with Gasteiger partial charge >= 0.3 is 0 Å². The standard InChI is InChI=1S/C32H35NO5/c1-19-11-10-13-22(15-19)28-27(29(34)24-16-21(3)26(37-7)17-20(24)2)30(35)31(36)33(28)18-23-12-8-9-14-25(23)38-32(4,5)6/h8-17,28,34H,18H2,1-7H3/b29-27+. The summed E-state index contributed by atoms with van der Waals surface area (Å²) in [5, 5.41) is 11.6. The zero-order valence-electron chi connectivity index (χ0n) is 23.1. The van der Waals surface area contributed by atoms with E-state index < -0.39 is 23.3 Å². The maximum Gasteiger partial charge on any atom is 0.295 e. The summed E-state index contributed by atoms with van der Waals surface area (Å²) in [5.41, 5.74) is 4.20. The summed E-state index contributed by atoms with van der Waals surface area (Å²) in [7, 11) is 1.59. The van der Waals surface area contributed by atoms with E-state index in [0.717, 1.165) is 27.8 Å². The number of carbonyl (C=O) groups is 2. The van der Waals surface area contributed by atoms with Crippen LogP contribution in [0.15, 0.2) is 66.2 Å². The van der Waals surface area contributed by atoms with E-state index in [1.165, 1.54) is 4.90 Å². The van der Waals surface area contributed by atoms with Crippen molar-refractivity contribution < 1.29 is 24.2 Å². The van der Waals surface area contributed by atoms with Crippen LogP contribution in [-0.4, -0.2) is 34.4 Å². The van der Waals surface area contributed by atoms with E-state index in [-0.39, 0.29) is 17.9 Å². The molecule has 0 radical (unpaired) electrons. The molecular formula is C32H35NO5. The molecule has 4 rings (SSSR count). The van der Waals surface area contributed by atoms with Crippen LogP contribution in [0.25, 0.3) is 5.76 Å². The molecule has 1 amide bonds. The van der Waals surface area contributed by atoms with Gasteiger partial charge in [0.15, 0.2) is 0 Å². The van der Waals surface area contributed by atoms with Gasteiger partial charge in [0.25, 0.3) is 11.7 Å². The Labute approximate surface area is 224 Å². The first-order valence-electron chi connectivity index (χ1n) is 12.7. The topological polar surface area (TPSA) is 76.1 Å². The average molecular weight is 514 g/mol. The van der Waals surface area contributed by atoms with Crippen molar-refractivity contribution in [2.75, 3.05) is 7.11 Å². The van der Waals surface area contributed by atoms with Crippen LogP contribution in [0.3, 0.4) is 0 Å². The summed E-state index contributed by atoms with van der Waals surface area (Å²) in [6, 6.07) is 18.0. The lowest BCUT2D eigenvalue weighted by atomic mass is 9.92. The van der Waals surface area contributed by atoms with Gasteiger partial charge in [0.05, 0.1) is 25.3 Å². The van der Waals surface area contributed by atoms with Gasteiger partial charge in [-0.2, -0.15) is 0 Å². The van der Waals surface area contributed by atoms with Crippen LogP contribution in [0.2, 0.25) is 0 Å². The summed E-state index contributed by atoms with van der Waals surface area (Å²) in [4.78, 5) is 28.6. The van der Waals surface area contributed by atoms with Gasteiger partial charge in [-0.15, -0.1) is 0 Å². The lowest BCUT2D eigenvalue weighted by molar-refractivity contribution is -0.140. The first-order chi connectivity index (χ1) is 17.9. The van der Waals surface area contributed by atoms with Crippen molar-refractivity contribution in [3.05, 3.63) is 99.6 Å². The SMILES string of the molecule is COc1cc(C)c(/C(O)=C2\C(=O)C(=O)N(Cc3ccccc3OC(C)(C)C)C2c2cccc(C)c2)cc1C. The molecule has 0 spiro atoms. The first-order valence-corrected chi connectivity index (χ1v) is 12.7. The highest BCUT2D eigenvalue weighted by Crippen LogP contribution is 2.42. The van der Waals surface area contributed by atoms with Crippen LogP contribution in [0.1, 0.15) is 60.2 Å². The normalized spacial score (nSPS) is 17.1. The fourth-order valence-corrected chi connectivity index (χ4v) is 4.89. The molecule has 3 aromatic rings. The molecule has 6 heteroatoms. The summed E-state index contributed by atoms with van der Waals surface area (Å²) >= 11 is 0. The molecule has 0 bridgehead atoms. The van der Waals surface area contributed by atoms with Gasteiger partial charge in [0, 0.05) is 11.1 Å². The molecule has 198 valence electrons. The van der Waals surface area contributed by atoms with E-state index in [2.05, 4.69) is 0 Å². The number of Topliss-reactive ketones (excluding diaryl/α,β-unsaturated/α-hetero) is 1. The third-order valence-corrected chi connectivity index (χ3v) is 6.62. The molecule has 1 saturated heterocycles. The number of benzene rings is 3. The minimum absolute atomic E-state index is 0.0717. The summed E-state index contributed by atoms with van der Waals surface area (Å²) in [5.74, 6) is -0.237. The molecule has 1 atom stereocenters. The van der Waals surface area contributed by atoms with Crippen molar-refractivity contribution in [2.24, 2.45) is 0 Å². The monoisotopic (exact) mass is 513 g/mol. The molecule has 0 saturated carbocycles.